The number of aromatic nitrogens is 1. The molecule has 0 radical (unpaired) electrons. The molecule has 0 unspecified atom stereocenters. The van der Waals surface area contributed by atoms with Crippen molar-refractivity contribution >= 4 is 29.6 Å². The fraction of sp³-hybridized carbons (Fsp3) is 0.0870. The molecule has 31 heavy (non-hydrogen) atoms. The summed E-state index contributed by atoms with van der Waals surface area (Å²) in [6.45, 7) is 3.58. The number of amides is 4. The van der Waals surface area contributed by atoms with Crippen LogP contribution in [0.1, 0.15) is 17.0 Å². The van der Waals surface area contributed by atoms with Gasteiger partial charge in [0.2, 0.25) is 0 Å². The molecule has 0 aliphatic carbocycles. The highest BCUT2D eigenvalue weighted by molar-refractivity contribution is 6.39. The van der Waals surface area contributed by atoms with Gasteiger partial charge < -0.3 is 4.57 Å². The van der Waals surface area contributed by atoms with Crippen LogP contribution in [0.5, 0.6) is 0 Å². The number of hydrogen-bond donors (Lipinski definition) is 1. The van der Waals surface area contributed by atoms with Crippen molar-refractivity contribution in [1.82, 2.24) is 9.88 Å². The number of aryl methyl sites for hydroxylation is 1. The van der Waals surface area contributed by atoms with E-state index in [1.165, 1.54) is 36.4 Å². The molecule has 0 atom stereocenters. The van der Waals surface area contributed by atoms with Crippen molar-refractivity contribution in [2.24, 2.45) is 0 Å². The van der Waals surface area contributed by atoms with Gasteiger partial charge in [0.25, 0.3) is 11.8 Å². The Kier molecular flexibility index (Phi) is 4.98. The number of carbonyl (C=O) groups is 3. The van der Waals surface area contributed by atoms with Gasteiger partial charge in [0.05, 0.1) is 5.69 Å². The molecule has 4 amide bonds. The minimum Gasteiger partial charge on any atom is -0.318 e. The van der Waals surface area contributed by atoms with Crippen molar-refractivity contribution in [2.45, 2.75) is 13.8 Å². The van der Waals surface area contributed by atoms with Crippen molar-refractivity contribution in [2.75, 3.05) is 4.90 Å². The Morgan fingerprint density at radius 2 is 1.48 bits per heavy atom. The first-order valence-electron chi connectivity index (χ1n) is 9.38. The zero-order valence-corrected chi connectivity index (χ0v) is 16.6. The lowest BCUT2D eigenvalue weighted by Crippen LogP contribution is -2.54. The molecule has 1 N–H and O–H groups in total. The summed E-state index contributed by atoms with van der Waals surface area (Å²) in [6, 6.07) is 11.8. The number of benzene rings is 2. The number of imide groups is 2. The summed E-state index contributed by atoms with van der Waals surface area (Å²) in [4.78, 5) is 38.3. The van der Waals surface area contributed by atoms with E-state index in [-0.39, 0.29) is 11.3 Å². The van der Waals surface area contributed by atoms with Crippen LogP contribution < -0.4 is 10.2 Å². The van der Waals surface area contributed by atoms with Crippen molar-refractivity contribution in [3.8, 4) is 5.69 Å². The number of barbiturate groups is 1. The Morgan fingerprint density at radius 3 is 2.13 bits per heavy atom. The van der Waals surface area contributed by atoms with Gasteiger partial charge in [-0.05, 0) is 68.0 Å². The average Bonchev–Trinajstić information content (AvgIpc) is 2.98. The molecule has 156 valence electrons. The van der Waals surface area contributed by atoms with Crippen LogP contribution in [-0.2, 0) is 9.59 Å². The fourth-order valence-electron chi connectivity index (χ4n) is 3.61. The van der Waals surface area contributed by atoms with Gasteiger partial charge in [0, 0.05) is 17.1 Å². The average molecular weight is 421 g/mol. The Bertz CT molecular complexity index is 1280. The van der Waals surface area contributed by atoms with E-state index >= 15 is 0 Å². The quantitative estimate of drug-likeness (QED) is 0.513. The summed E-state index contributed by atoms with van der Waals surface area (Å²) < 4.78 is 29.1. The molecule has 2 heterocycles. The zero-order chi connectivity index (χ0) is 22.3. The standard InChI is InChI=1S/C23H17F2N3O3/c1-13-9-15(14(2)27(13)18-7-3-5-16(24)11-18)10-20-21(29)26-23(31)28(22(20)30)19-8-4-6-17(25)12-19/h3-12H,1-2H3,(H,26,29,31)/b20-10+. The number of halogens is 2. The van der Waals surface area contributed by atoms with Crippen LogP contribution in [0.25, 0.3) is 11.8 Å². The third kappa shape index (κ3) is 3.63. The number of nitrogens with zero attached hydrogens (tertiary/aromatic N) is 2. The molecule has 0 spiro atoms. The molecule has 1 aliphatic rings. The lowest BCUT2D eigenvalue weighted by molar-refractivity contribution is -0.122. The van der Waals surface area contributed by atoms with Gasteiger partial charge >= 0.3 is 6.03 Å². The van der Waals surface area contributed by atoms with Gasteiger partial charge in [0.15, 0.2) is 0 Å². The maximum Gasteiger partial charge on any atom is 0.335 e. The van der Waals surface area contributed by atoms with Gasteiger partial charge in [-0.15, -0.1) is 0 Å². The molecule has 1 saturated heterocycles. The molecule has 4 rings (SSSR count). The first kappa shape index (κ1) is 20.2. The van der Waals surface area contributed by atoms with Gasteiger partial charge in [0.1, 0.15) is 17.2 Å². The van der Waals surface area contributed by atoms with E-state index in [0.29, 0.717) is 21.8 Å². The number of rotatable bonds is 3. The van der Waals surface area contributed by atoms with Crippen LogP contribution in [0.2, 0.25) is 0 Å². The molecular formula is C23H17F2N3O3. The van der Waals surface area contributed by atoms with Crippen LogP contribution in [-0.4, -0.2) is 22.4 Å². The number of urea groups is 1. The van der Waals surface area contributed by atoms with Crippen LogP contribution >= 0.6 is 0 Å². The van der Waals surface area contributed by atoms with Gasteiger partial charge in [-0.2, -0.15) is 0 Å². The summed E-state index contributed by atoms with van der Waals surface area (Å²) in [5, 5.41) is 2.11. The number of anilines is 1. The molecule has 3 aromatic rings. The summed E-state index contributed by atoms with van der Waals surface area (Å²) >= 11 is 0. The van der Waals surface area contributed by atoms with E-state index in [1.54, 1.807) is 29.7 Å². The maximum atomic E-state index is 13.7. The first-order chi connectivity index (χ1) is 14.8. The number of carbonyl (C=O) groups excluding carboxylic acids is 3. The fourth-order valence-corrected chi connectivity index (χ4v) is 3.61. The number of hydrogen-bond acceptors (Lipinski definition) is 3. The van der Waals surface area contributed by atoms with Crippen molar-refractivity contribution in [1.29, 1.82) is 0 Å². The van der Waals surface area contributed by atoms with E-state index < -0.39 is 29.5 Å². The highest BCUT2D eigenvalue weighted by atomic mass is 19.1. The third-order valence-electron chi connectivity index (χ3n) is 5.00. The first-order valence-corrected chi connectivity index (χ1v) is 9.38. The predicted molar refractivity (Wildman–Crippen MR) is 111 cm³/mol. The topological polar surface area (TPSA) is 71.4 Å². The van der Waals surface area contributed by atoms with Gasteiger partial charge in [-0.25, -0.2) is 18.5 Å². The molecule has 8 heteroatoms. The molecule has 0 bridgehead atoms. The normalized spacial score (nSPS) is 15.5. The molecule has 1 aromatic heterocycles. The van der Waals surface area contributed by atoms with Crippen molar-refractivity contribution in [3.63, 3.8) is 0 Å². The lowest BCUT2D eigenvalue weighted by atomic mass is 10.1. The van der Waals surface area contributed by atoms with Crippen LogP contribution in [0.3, 0.4) is 0 Å². The highest BCUT2D eigenvalue weighted by Crippen LogP contribution is 2.26. The summed E-state index contributed by atoms with van der Waals surface area (Å²) in [6.07, 6.45) is 1.37. The smallest absolute Gasteiger partial charge is 0.318 e. The van der Waals surface area contributed by atoms with Crippen LogP contribution in [0, 0.1) is 25.5 Å². The maximum absolute atomic E-state index is 13.7. The van der Waals surface area contributed by atoms with E-state index in [9.17, 15) is 23.2 Å². The van der Waals surface area contributed by atoms with Crippen molar-refractivity contribution < 1.29 is 23.2 Å². The molecule has 0 saturated carbocycles. The summed E-state index contributed by atoms with van der Waals surface area (Å²) in [7, 11) is 0. The second kappa shape index (κ2) is 7.64. The Labute approximate surface area is 176 Å². The Balaban J connectivity index is 1.77. The molecular weight excluding hydrogens is 404 g/mol. The lowest BCUT2D eigenvalue weighted by Gasteiger charge is -2.26. The Morgan fingerprint density at radius 1 is 0.871 bits per heavy atom. The second-order valence-electron chi connectivity index (χ2n) is 7.08. The minimum absolute atomic E-state index is 0.00568. The zero-order valence-electron chi connectivity index (χ0n) is 16.6. The third-order valence-corrected chi connectivity index (χ3v) is 5.00. The summed E-state index contributed by atoms with van der Waals surface area (Å²) in [5.41, 5.74) is 2.31. The Hall–Kier alpha value is -4.07. The molecule has 1 fully saturated rings. The summed E-state index contributed by atoms with van der Waals surface area (Å²) in [5.74, 6) is -2.73. The largest absolute Gasteiger partial charge is 0.335 e. The highest BCUT2D eigenvalue weighted by Gasteiger charge is 2.37. The van der Waals surface area contributed by atoms with E-state index in [4.69, 9.17) is 0 Å². The second-order valence-corrected chi connectivity index (χ2v) is 7.08. The SMILES string of the molecule is Cc1cc(/C=C2\C(=O)NC(=O)N(c3cccc(F)c3)C2=O)c(C)n1-c1cccc(F)c1. The van der Waals surface area contributed by atoms with Gasteiger partial charge in [-0.3, -0.25) is 14.9 Å². The van der Waals surface area contributed by atoms with E-state index in [0.717, 1.165) is 11.8 Å². The minimum atomic E-state index is -0.956. The van der Waals surface area contributed by atoms with E-state index in [2.05, 4.69) is 5.32 Å². The number of nitrogens with one attached hydrogen (secondary N) is 1. The predicted octanol–water partition coefficient (Wildman–Crippen LogP) is 4.04. The molecule has 1 aliphatic heterocycles. The molecule has 2 aromatic carbocycles. The van der Waals surface area contributed by atoms with Crippen LogP contribution in [0.15, 0.2) is 60.2 Å². The van der Waals surface area contributed by atoms with Crippen molar-refractivity contribution in [3.05, 3.63) is 88.8 Å². The van der Waals surface area contributed by atoms with Gasteiger partial charge in [-0.1, -0.05) is 12.1 Å². The molecule has 6 nitrogen and oxygen atoms in total. The van der Waals surface area contributed by atoms with Crippen LogP contribution in [0.4, 0.5) is 19.3 Å². The van der Waals surface area contributed by atoms with E-state index in [1.807, 2.05) is 6.92 Å². The monoisotopic (exact) mass is 421 g/mol.